The fraction of sp³-hybridized carbons (Fsp3) is 0.905. The van der Waals surface area contributed by atoms with Crippen molar-refractivity contribution in [1.29, 1.82) is 0 Å². The van der Waals surface area contributed by atoms with Crippen LogP contribution >= 0.6 is 11.8 Å². The number of nitrogens with one attached hydrogen (secondary N) is 1. The van der Waals surface area contributed by atoms with Crippen molar-refractivity contribution in [3.05, 3.63) is 0 Å². The molecule has 2 aliphatic heterocycles. The number of quaternary nitrogens is 1. The number of hydrogen-bond acceptors (Lipinski definition) is 3. The molecule has 156 valence electrons. The molecule has 0 saturated carbocycles. The second-order valence-corrected chi connectivity index (χ2v) is 11.4. The Kier molecular flexibility index (Phi) is 7.65. The van der Waals surface area contributed by atoms with E-state index in [9.17, 15) is 9.59 Å². The fourth-order valence-electron chi connectivity index (χ4n) is 4.31. The van der Waals surface area contributed by atoms with Crippen LogP contribution in [-0.4, -0.2) is 52.5 Å². The summed E-state index contributed by atoms with van der Waals surface area (Å²) >= 11 is 1.92. The molecule has 3 atom stereocenters. The molecule has 0 aromatic rings. The van der Waals surface area contributed by atoms with Gasteiger partial charge in [0, 0.05) is 38.4 Å². The summed E-state index contributed by atoms with van der Waals surface area (Å²) in [4.78, 5) is 27.2. The number of nitrogens with zero attached hydrogens (tertiary/aromatic N) is 1. The first kappa shape index (κ1) is 22.5. The Hall–Kier alpha value is -0.750. The Balaban J connectivity index is 1.79. The number of likely N-dealkylation sites (tertiary alicyclic amines) is 1. The van der Waals surface area contributed by atoms with Gasteiger partial charge in [0.15, 0.2) is 6.04 Å². The Morgan fingerprint density at radius 3 is 2.44 bits per heavy atom. The number of hydrogen-bond donors (Lipinski definition) is 2. The molecule has 0 aromatic heterocycles. The van der Waals surface area contributed by atoms with Crippen LogP contribution in [0.4, 0.5) is 0 Å². The number of piperidine rings is 1. The summed E-state index contributed by atoms with van der Waals surface area (Å²) in [6, 6.07) is 0.250. The standard InChI is InChI=1S/C21H39N3O2S/c1-7-16(3)22-19(26)17-14-27-21(23-17)8-10-24(11-9-21)18(25)12-15(2)13-20(4,5)6/h15-17,23H,7-14H2,1-6H3,(H,22,26)/p+1/t15-,16-,17+/m1/s1. The second-order valence-electron chi connectivity index (χ2n) is 9.92. The Morgan fingerprint density at radius 1 is 1.26 bits per heavy atom. The summed E-state index contributed by atoms with van der Waals surface area (Å²) in [6.07, 6.45) is 4.64. The minimum absolute atomic E-state index is 0.0121. The van der Waals surface area contributed by atoms with E-state index in [0.29, 0.717) is 18.2 Å². The van der Waals surface area contributed by atoms with Crippen LogP contribution < -0.4 is 10.6 Å². The lowest BCUT2D eigenvalue weighted by molar-refractivity contribution is -0.714. The highest BCUT2D eigenvalue weighted by molar-refractivity contribution is 8.00. The predicted molar refractivity (Wildman–Crippen MR) is 112 cm³/mol. The average Bonchev–Trinajstić information content (AvgIpc) is 2.97. The summed E-state index contributed by atoms with van der Waals surface area (Å²) in [6.45, 7) is 14.7. The van der Waals surface area contributed by atoms with Gasteiger partial charge in [-0.05, 0) is 31.1 Å². The third-order valence-electron chi connectivity index (χ3n) is 5.84. The number of carbonyl (C=O) groups excluding carboxylic acids is 2. The van der Waals surface area contributed by atoms with Gasteiger partial charge in [-0.15, -0.1) is 0 Å². The molecule has 6 heteroatoms. The predicted octanol–water partition coefficient (Wildman–Crippen LogP) is 2.36. The molecular formula is C21H40N3O2S+. The molecule has 0 bridgehead atoms. The van der Waals surface area contributed by atoms with Crippen LogP contribution in [0, 0.1) is 11.3 Å². The Labute approximate surface area is 169 Å². The molecular weight excluding hydrogens is 358 g/mol. The van der Waals surface area contributed by atoms with Crippen LogP contribution in [0.25, 0.3) is 0 Å². The van der Waals surface area contributed by atoms with Crippen molar-refractivity contribution in [3.63, 3.8) is 0 Å². The quantitative estimate of drug-likeness (QED) is 0.722. The first-order chi connectivity index (χ1) is 12.5. The van der Waals surface area contributed by atoms with E-state index in [1.54, 1.807) is 0 Å². The summed E-state index contributed by atoms with van der Waals surface area (Å²) < 4.78 is 0. The van der Waals surface area contributed by atoms with Crippen molar-refractivity contribution in [3.8, 4) is 0 Å². The Bertz CT molecular complexity index is 524. The summed E-state index contributed by atoms with van der Waals surface area (Å²) in [5, 5.41) is 5.39. The molecule has 0 unspecified atom stereocenters. The zero-order valence-electron chi connectivity index (χ0n) is 18.1. The fourth-order valence-corrected chi connectivity index (χ4v) is 5.80. The van der Waals surface area contributed by atoms with Gasteiger partial charge in [-0.1, -0.05) is 46.4 Å². The number of nitrogens with two attached hydrogens (primary N) is 1. The topological polar surface area (TPSA) is 66.0 Å². The van der Waals surface area contributed by atoms with Gasteiger partial charge >= 0.3 is 0 Å². The Morgan fingerprint density at radius 2 is 1.89 bits per heavy atom. The van der Waals surface area contributed by atoms with Crippen LogP contribution in [0.1, 0.15) is 73.6 Å². The van der Waals surface area contributed by atoms with Gasteiger partial charge in [-0.2, -0.15) is 0 Å². The normalized spacial score (nSPS) is 24.7. The molecule has 2 rings (SSSR count). The van der Waals surface area contributed by atoms with E-state index in [0.717, 1.165) is 44.5 Å². The van der Waals surface area contributed by atoms with Crippen LogP contribution in [-0.2, 0) is 9.59 Å². The first-order valence-corrected chi connectivity index (χ1v) is 11.6. The molecule has 2 saturated heterocycles. The summed E-state index contributed by atoms with van der Waals surface area (Å²) in [5.74, 6) is 1.77. The van der Waals surface area contributed by atoms with Gasteiger partial charge in [-0.25, -0.2) is 0 Å². The number of carbonyl (C=O) groups is 2. The third-order valence-corrected chi connectivity index (χ3v) is 7.48. The SMILES string of the molecule is CC[C@@H](C)NC(=O)[C@@H]1CSC2(CCN(C(=O)C[C@@H](C)CC(C)(C)C)CC2)[NH2+]1. The van der Waals surface area contributed by atoms with Crippen LogP contribution in [0.15, 0.2) is 0 Å². The second kappa shape index (κ2) is 9.17. The van der Waals surface area contributed by atoms with Crippen molar-refractivity contribution in [1.82, 2.24) is 10.2 Å². The van der Waals surface area contributed by atoms with Crippen molar-refractivity contribution >= 4 is 23.6 Å². The molecule has 5 nitrogen and oxygen atoms in total. The molecule has 3 N–H and O–H groups in total. The maximum absolute atomic E-state index is 12.7. The van der Waals surface area contributed by atoms with E-state index in [1.165, 1.54) is 0 Å². The molecule has 0 aliphatic carbocycles. The zero-order chi connectivity index (χ0) is 20.2. The van der Waals surface area contributed by atoms with E-state index in [4.69, 9.17) is 0 Å². The van der Waals surface area contributed by atoms with Gasteiger partial charge in [0.2, 0.25) is 5.91 Å². The van der Waals surface area contributed by atoms with Crippen LogP contribution in [0.5, 0.6) is 0 Å². The van der Waals surface area contributed by atoms with Crippen molar-refractivity contribution in [2.24, 2.45) is 11.3 Å². The highest BCUT2D eigenvalue weighted by Crippen LogP contribution is 2.34. The lowest BCUT2D eigenvalue weighted by Crippen LogP contribution is -3.00. The van der Waals surface area contributed by atoms with Crippen molar-refractivity contribution in [2.75, 3.05) is 18.8 Å². The first-order valence-electron chi connectivity index (χ1n) is 10.6. The van der Waals surface area contributed by atoms with Gasteiger partial charge in [0.05, 0.1) is 5.75 Å². The molecule has 2 aliphatic rings. The van der Waals surface area contributed by atoms with Crippen LogP contribution in [0.2, 0.25) is 0 Å². The van der Waals surface area contributed by atoms with Crippen molar-refractivity contribution < 1.29 is 14.9 Å². The van der Waals surface area contributed by atoms with Gasteiger partial charge in [0.1, 0.15) is 4.87 Å². The highest BCUT2D eigenvalue weighted by atomic mass is 32.2. The summed E-state index contributed by atoms with van der Waals surface area (Å²) in [5.41, 5.74) is 0.270. The largest absolute Gasteiger partial charge is 0.348 e. The van der Waals surface area contributed by atoms with Crippen LogP contribution in [0.3, 0.4) is 0 Å². The van der Waals surface area contributed by atoms with Crippen molar-refractivity contribution in [2.45, 2.75) is 90.6 Å². The average molecular weight is 399 g/mol. The number of thioether (sulfide) groups is 1. The van der Waals surface area contributed by atoms with Gasteiger partial charge in [-0.3, -0.25) is 9.59 Å². The molecule has 2 amide bonds. The number of amides is 2. The molecule has 0 aromatic carbocycles. The van der Waals surface area contributed by atoms with E-state index < -0.39 is 0 Å². The summed E-state index contributed by atoms with van der Waals surface area (Å²) in [7, 11) is 0. The maximum Gasteiger partial charge on any atom is 0.279 e. The lowest BCUT2D eigenvalue weighted by atomic mass is 9.84. The third kappa shape index (κ3) is 6.67. The van der Waals surface area contributed by atoms with Gasteiger partial charge in [0.25, 0.3) is 5.91 Å². The van der Waals surface area contributed by atoms with E-state index >= 15 is 0 Å². The monoisotopic (exact) mass is 398 g/mol. The van der Waals surface area contributed by atoms with Gasteiger partial charge < -0.3 is 15.5 Å². The highest BCUT2D eigenvalue weighted by Gasteiger charge is 2.48. The minimum Gasteiger partial charge on any atom is -0.348 e. The lowest BCUT2D eigenvalue weighted by Gasteiger charge is -2.37. The smallest absolute Gasteiger partial charge is 0.279 e. The molecule has 1 spiro atoms. The molecule has 27 heavy (non-hydrogen) atoms. The van der Waals surface area contributed by atoms with E-state index in [-0.39, 0.29) is 28.3 Å². The number of rotatable bonds is 6. The molecule has 2 heterocycles. The molecule has 0 radical (unpaired) electrons. The minimum atomic E-state index is 0.0121. The van der Waals surface area contributed by atoms with E-state index in [2.05, 4.69) is 52.2 Å². The zero-order valence-corrected chi connectivity index (χ0v) is 19.0. The maximum atomic E-state index is 12.7. The van der Waals surface area contributed by atoms with E-state index in [1.807, 2.05) is 16.7 Å². The molecule has 2 fully saturated rings.